The molecule has 2 aliphatic rings. The van der Waals surface area contributed by atoms with Crippen LogP contribution in [0, 0.1) is 11.2 Å². The SMILES string of the molecule is NC(=O)[C@]1(Cc2ccc(-c3ccccc3F)cc2)CCCN(C(=O)[C@@H]2CCCO2)C1. The van der Waals surface area contributed by atoms with Crippen LogP contribution in [0.2, 0.25) is 0 Å². The van der Waals surface area contributed by atoms with Crippen LogP contribution in [0.15, 0.2) is 48.5 Å². The van der Waals surface area contributed by atoms with Gasteiger partial charge in [0.2, 0.25) is 5.91 Å². The highest BCUT2D eigenvalue weighted by molar-refractivity contribution is 5.85. The Kier molecular flexibility index (Phi) is 5.86. The van der Waals surface area contributed by atoms with Crippen LogP contribution in [-0.2, 0) is 20.7 Å². The number of nitrogens with two attached hydrogens (primary N) is 1. The molecule has 2 aromatic rings. The molecule has 2 heterocycles. The third-order valence-corrected chi connectivity index (χ3v) is 6.30. The molecule has 30 heavy (non-hydrogen) atoms. The molecule has 0 aliphatic carbocycles. The van der Waals surface area contributed by atoms with Gasteiger partial charge in [-0.3, -0.25) is 9.59 Å². The Morgan fingerprint density at radius 3 is 2.57 bits per heavy atom. The zero-order valence-electron chi connectivity index (χ0n) is 17.0. The van der Waals surface area contributed by atoms with Gasteiger partial charge in [0.1, 0.15) is 11.9 Å². The topological polar surface area (TPSA) is 72.6 Å². The first kappa shape index (κ1) is 20.5. The summed E-state index contributed by atoms with van der Waals surface area (Å²) in [5.74, 6) is -0.687. The third kappa shape index (κ3) is 4.10. The van der Waals surface area contributed by atoms with Crippen molar-refractivity contribution in [3.8, 4) is 11.1 Å². The van der Waals surface area contributed by atoms with E-state index in [2.05, 4.69) is 0 Å². The van der Waals surface area contributed by atoms with Crippen molar-refractivity contribution in [3.63, 3.8) is 0 Å². The maximum absolute atomic E-state index is 14.1. The molecule has 0 radical (unpaired) electrons. The first-order valence-electron chi connectivity index (χ1n) is 10.5. The Bertz CT molecular complexity index is 924. The number of ether oxygens (including phenoxy) is 1. The van der Waals surface area contributed by atoms with Crippen molar-refractivity contribution in [2.75, 3.05) is 19.7 Å². The number of rotatable bonds is 5. The molecule has 0 bridgehead atoms. The van der Waals surface area contributed by atoms with Crippen molar-refractivity contribution >= 4 is 11.8 Å². The second kappa shape index (κ2) is 8.56. The summed E-state index contributed by atoms with van der Waals surface area (Å²) in [6.07, 6.45) is 3.06. The van der Waals surface area contributed by atoms with Gasteiger partial charge in [0.25, 0.3) is 5.91 Å². The number of amides is 2. The van der Waals surface area contributed by atoms with Crippen LogP contribution in [0.3, 0.4) is 0 Å². The zero-order chi connectivity index (χ0) is 21.1. The number of benzene rings is 2. The summed E-state index contributed by atoms with van der Waals surface area (Å²) >= 11 is 0. The molecule has 6 heteroatoms. The second-order valence-electron chi connectivity index (χ2n) is 8.36. The minimum atomic E-state index is -0.800. The molecule has 2 saturated heterocycles. The summed E-state index contributed by atoms with van der Waals surface area (Å²) in [4.78, 5) is 27.1. The lowest BCUT2D eigenvalue weighted by atomic mass is 9.74. The predicted molar refractivity (Wildman–Crippen MR) is 112 cm³/mol. The van der Waals surface area contributed by atoms with Crippen LogP contribution in [0.25, 0.3) is 11.1 Å². The average Bonchev–Trinajstić information content (AvgIpc) is 3.29. The number of carbonyl (C=O) groups is 2. The van der Waals surface area contributed by atoms with E-state index in [9.17, 15) is 14.0 Å². The Labute approximate surface area is 176 Å². The van der Waals surface area contributed by atoms with Gasteiger partial charge in [0, 0.05) is 25.3 Å². The van der Waals surface area contributed by atoms with E-state index < -0.39 is 11.5 Å². The monoisotopic (exact) mass is 410 g/mol. The molecular weight excluding hydrogens is 383 g/mol. The maximum atomic E-state index is 14.1. The normalized spacial score (nSPS) is 24.0. The van der Waals surface area contributed by atoms with E-state index in [1.54, 1.807) is 23.1 Å². The Morgan fingerprint density at radius 2 is 1.90 bits per heavy atom. The molecular formula is C24H27FN2O3. The van der Waals surface area contributed by atoms with Crippen LogP contribution in [-0.4, -0.2) is 42.5 Å². The van der Waals surface area contributed by atoms with Crippen molar-refractivity contribution in [1.29, 1.82) is 0 Å². The molecule has 2 aromatic carbocycles. The number of nitrogens with zero attached hydrogens (tertiary/aromatic N) is 1. The minimum Gasteiger partial charge on any atom is -0.369 e. The maximum Gasteiger partial charge on any atom is 0.251 e. The average molecular weight is 410 g/mol. The van der Waals surface area contributed by atoms with Crippen LogP contribution in [0.5, 0.6) is 0 Å². The van der Waals surface area contributed by atoms with Gasteiger partial charge in [-0.1, -0.05) is 42.5 Å². The summed E-state index contributed by atoms with van der Waals surface area (Å²) < 4.78 is 19.6. The van der Waals surface area contributed by atoms with Gasteiger partial charge in [-0.05, 0) is 49.3 Å². The van der Waals surface area contributed by atoms with E-state index in [1.807, 2.05) is 24.3 Å². The fourth-order valence-corrected chi connectivity index (χ4v) is 4.62. The van der Waals surface area contributed by atoms with Gasteiger partial charge in [-0.2, -0.15) is 0 Å². The van der Waals surface area contributed by atoms with Gasteiger partial charge in [0.05, 0.1) is 5.41 Å². The van der Waals surface area contributed by atoms with Crippen LogP contribution >= 0.6 is 0 Å². The molecule has 0 aromatic heterocycles. The molecule has 5 nitrogen and oxygen atoms in total. The lowest BCUT2D eigenvalue weighted by Gasteiger charge is -2.41. The molecule has 0 unspecified atom stereocenters. The fraction of sp³-hybridized carbons (Fsp3) is 0.417. The van der Waals surface area contributed by atoms with Crippen molar-refractivity contribution in [2.24, 2.45) is 11.1 Å². The van der Waals surface area contributed by atoms with E-state index in [0.29, 0.717) is 38.1 Å². The number of piperidine rings is 1. The molecule has 158 valence electrons. The van der Waals surface area contributed by atoms with E-state index in [-0.39, 0.29) is 17.6 Å². The first-order valence-corrected chi connectivity index (χ1v) is 10.5. The Morgan fingerprint density at radius 1 is 1.13 bits per heavy atom. The molecule has 4 rings (SSSR count). The number of likely N-dealkylation sites (tertiary alicyclic amines) is 1. The zero-order valence-corrected chi connectivity index (χ0v) is 17.0. The Hall–Kier alpha value is -2.73. The smallest absolute Gasteiger partial charge is 0.251 e. The predicted octanol–water partition coefficient (Wildman–Crippen LogP) is 3.31. The summed E-state index contributed by atoms with van der Waals surface area (Å²) in [7, 11) is 0. The van der Waals surface area contributed by atoms with Gasteiger partial charge in [-0.15, -0.1) is 0 Å². The van der Waals surface area contributed by atoms with E-state index >= 15 is 0 Å². The van der Waals surface area contributed by atoms with Crippen LogP contribution in [0.4, 0.5) is 4.39 Å². The summed E-state index contributed by atoms with van der Waals surface area (Å²) in [5, 5.41) is 0. The minimum absolute atomic E-state index is 0.0345. The van der Waals surface area contributed by atoms with E-state index in [1.165, 1.54) is 6.07 Å². The molecule has 2 amide bonds. The molecule has 2 aliphatic heterocycles. The molecule has 2 N–H and O–H groups in total. The molecule has 0 saturated carbocycles. The number of hydrogen-bond donors (Lipinski definition) is 1. The van der Waals surface area contributed by atoms with Crippen LogP contribution < -0.4 is 5.73 Å². The van der Waals surface area contributed by atoms with Gasteiger partial charge in [-0.25, -0.2) is 4.39 Å². The highest BCUT2D eigenvalue weighted by Gasteiger charge is 2.43. The summed E-state index contributed by atoms with van der Waals surface area (Å²) in [6, 6.07) is 14.2. The number of halogens is 1. The largest absolute Gasteiger partial charge is 0.369 e. The fourth-order valence-electron chi connectivity index (χ4n) is 4.62. The van der Waals surface area contributed by atoms with Crippen molar-refractivity contribution in [2.45, 2.75) is 38.2 Å². The van der Waals surface area contributed by atoms with Crippen molar-refractivity contribution in [1.82, 2.24) is 4.90 Å². The van der Waals surface area contributed by atoms with Gasteiger partial charge >= 0.3 is 0 Å². The summed E-state index contributed by atoms with van der Waals surface area (Å²) in [6.45, 7) is 1.55. The number of hydrogen-bond acceptors (Lipinski definition) is 3. The number of carbonyl (C=O) groups excluding carboxylic acids is 2. The standard InChI is InChI=1S/C24H27FN2O3/c25-20-6-2-1-5-19(20)18-10-8-17(9-11-18)15-24(23(26)29)12-4-13-27(16-24)22(28)21-7-3-14-30-21/h1-2,5-6,8-11,21H,3-4,7,12-16H2,(H2,26,29)/t21-,24-/m0/s1. The Balaban J connectivity index is 1.52. The van der Waals surface area contributed by atoms with Crippen LogP contribution in [0.1, 0.15) is 31.2 Å². The van der Waals surface area contributed by atoms with E-state index in [4.69, 9.17) is 10.5 Å². The van der Waals surface area contributed by atoms with Crippen molar-refractivity contribution < 1.29 is 18.7 Å². The second-order valence-corrected chi connectivity index (χ2v) is 8.36. The third-order valence-electron chi connectivity index (χ3n) is 6.30. The molecule has 2 fully saturated rings. The lowest BCUT2D eigenvalue weighted by Crippen LogP contribution is -2.55. The summed E-state index contributed by atoms with van der Waals surface area (Å²) in [5.41, 5.74) is 7.32. The van der Waals surface area contributed by atoms with Gasteiger partial charge < -0.3 is 15.4 Å². The van der Waals surface area contributed by atoms with Gasteiger partial charge in [0.15, 0.2) is 0 Å². The number of primary amides is 1. The van der Waals surface area contributed by atoms with E-state index in [0.717, 1.165) is 30.4 Å². The first-order chi connectivity index (χ1) is 14.5. The molecule has 2 atom stereocenters. The lowest BCUT2D eigenvalue weighted by molar-refractivity contribution is -0.147. The highest BCUT2D eigenvalue weighted by atomic mass is 19.1. The highest BCUT2D eigenvalue weighted by Crippen LogP contribution is 2.35. The molecule has 0 spiro atoms. The quantitative estimate of drug-likeness (QED) is 0.822. The van der Waals surface area contributed by atoms with Crippen molar-refractivity contribution in [3.05, 3.63) is 59.9 Å².